The van der Waals surface area contributed by atoms with Gasteiger partial charge in [0.25, 0.3) is 5.91 Å². The van der Waals surface area contributed by atoms with E-state index in [1.54, 1.807) is 12.1 Å². The average Bonchev–Trinajstić information content (AvgIpc) is 2.16. The van der Waals surface area contributed by atoms with Crippen LogP contribution < -0.4 is 5.73 Å². The van der Waals surface area contributed by atoms with Crippen LogP contribution in [0.1, 0.15) is 22.0 Å². The molecule has 0 aliphatic rings. The number of aliphatic hydroxyl groups excluding tert-OH is 1. The lowest BCUT2D eigenvalue weighted by Gasteiger charge is -2.10. The summed E-state index contributed by atoms with van der Waals surface area (Å²) in [6.07, 6.45) is -0.890. The molecule has 0 aliphatic heterocycles. The second-order valence-electron chi connectivity index (χ2n) is 2.67. The van der Waals surface area contributed by atoms with Crippen molar-refractivity contribution in [2.75, 3.05) is 0 Å². The van der Waals surface area contributed by atoms with Crippen molar-refractivity contribution in [3.8, 4) is 0 Å². The second kappa shape index (κ2) is 4.34. The minimum Gasteiger partial charge on any atom is -0.378 e. The fourth-order valence-electron chi connectivity index (χ4n) is 1.07. The first kappa shape index (κ1) is 10.9. The summed E-state index contributed by atoms with van der Waals surface area (Å²) in [7, 11) is 0. The summed E-state index contributed by atoms with van der Waals surface area (Å²) in [5.74, 6) is -0.883. The van der Waals surface area contributed by atoms with E-state index in [0.29, 0.717) is 10.8 Å². The van der Waals surface area contributed by atoms with E-state index in [2.05, 4.69) is 15.9 Å². The van der Waals surface area contributed by atoms with Crippen LogP contribution >= 0.6 is 15.9 Å². The van der Waals surface area contributed by atoms with Crippen LogP contribution in [0.2, 0.25) is 0 Å². The second-order valence-corrected chi connectivity index (χ2v) is 3.52. The highest BCUT2D eigenvalue weighted by Gasteiger charge is 2.18. The number of primary amides is 1. The van der Waals surface area contributed by atoms with Gasteiger partial charge in [0, 0.05) is 15.6 Å². The van der Waals surface area contributed by atoms with Crippen LogP contribution in [0.5, 0.6) is 0 Å². The number of hydrogen-bond donors (Lipinski definition) is 2. The number of carbonyl (C=O) groups excluding carboxylic acids is 2. The molecule has 0 saturated heterocycles. The molecule has 74 valence electrons. The first-order valence-corrected chi connectivity index (χ1v) is 4.58. The minimum atomic E-state index is -1.45. The van der Waals surface area contributed by atoms with Gasteiger partial charge >= 0.3 is 0 Å². The van der Waals surface area contributed by atoms with Gasteiger partial charge in [-0.2, -0.15) is 0 Å². The predicted octanol–water partition coefficient (Wildman–Crippen LogP) is 0.780. The van der Waals surface area contributed by atoms with E-state index in [-0.39, 0.29) is 11.1 Å². The van der Waals surface area contributed by atoms with Crippen molar-refractivity contribution in [2.45, 2.75) is 6.10 Å². The van der Waals surface area contributed by atoms with Crippen molar-refractivity contribution in [2.24, 2.45) is 5.73 Å². The number of rotatable bonds is 3. The molecule has 1 amide bonds. The maximum Gasteiger partial charge on any atom is 0.250 e. The van der Waals surface area contributed by atoms with Crippen LogP contribution in [0.3, 0.4) is 0 Å². The molecule has 0 radical (unpaired) electrons. The molecule has 5 heteroatoms. The van der Waals surface area contributed by atoms with Crippen molar-refractivity contribution in [3.63, 3.8) is 0 Å². The fourth-order valence-corrected chi connectivity index (χ4v) is 1.54. The molecule has 0 fully saturated rings. The van der Waals surface area contributed by atoms with E-state index in [0.717, 1.165) is 0 Å². The number of amides is 1. The van der Waals surface area contributed by atoms with E-state index in [1.165, 1.54) is 6.07 Å². The summed E-state index contributed by atoms with van der Waals surface area (Å²) in [5.41, 5.74) is 5.37. The average molecular weight is 258 g/mol. The van der Waals surface area contributed by atoms with E-state index in [4.69, 9.17) is 5.73 Å². The Labute approximate surface area is 88.9 Å². The van der Waals surface area contributed by atoms with Crippen molar-refractivity contribution < 1.29 is 14.7 Å². The van der Waals surface area contributed by atoms with Gasteiger partial charge in [-0.1, -0.05) is 28.1 Å². The van der Waals surface area contributed by atoms with E-state index < -0.39 is 12.0 Å². The summed E-state index contributed by atoms with van der Waals surface area (Å²) >= 11 is 3.13. The summed E-state index contributed by atoms with van der Waals surface area (Å²) in [6.45, 7) is 0. The van der Waals surface area contributed by atoms with Gasteiger partial charge in [-0.05, 0) is 6.07 Å². The lowest BCUT2D eigenvalue weighted by atomic mass is 10.0. The molecule has 0 saturated carbocycles. The Morgan fingerprint density at radius 3 is 2.71 bits per heavy atom. The fraction of sp³-hybridized carbons (Fsp3) is 0.111. The molecule has 4 nitrogen and oxygen atoms in total. The highest BCUT2D eigenvalue weighted by Crippen LogP contribution is 2.23. The van der Waals surface area contributed by atoms with Crippen molar-refractivity contribution >= 4 is 28.1 Å². The molecule has 1 aromatic rings. The van der Waals surface area contributed by atoms with Crippen molar-refractivity contribution in [1.29, 1.82) is 0 Å². The van der Waals surface area contributed by atoms with Crippen LogP contribution in [0.15, 0.2) is 22.7 Å². The largest absolute Gasteiger partial charge is 0.378 e. The summed E-state index contributed by atoms with van der Waals surface area (Å²) in [6, 6.07) is 4.73. The molecular formula is C9H8BrNO3. The van der Waals surface area contributed by atoms with Gasteiger partial charge in [-0.25, -0.2) is 0 Å². The smallest absolute Gasteiger partial charge is 0.250 e. The molecule has 1 unspecified atom stereocenters. The molecule has 1 atom stereocenters. The number of benzene rings is 1. The molecule has 1 rings (SSSR count). The topological polar surface area (TPSA) is 80.4 Å². The number of hydrogen-bond acceptors (Lipinski definition) is 3. The Balaban J connectivity index is 3.26. The van der Waals surface area contributed by atoms with Crippen molar-refractivity contribution in [3.05, 3.63) is 33.8 Å². The molecule has 0 heterocycles. The molecule has 0 bridgehead atoms. The number of aliphatic hydroxyl groups is 1. The molecule has 1 aromatic carbocycles. The van der Waals surface area contributed by atoms with Crippen LogP contribution in [0, 0.1) is 0 Å². The van der Waals surface area contributed by atoms with E-state index in [1.807, 2.05) is 0 Å². The van der Waals surface area contributed by atoms with Crippen LogP contribution in [-0.4, -0.2) is 17.3 Å². The first-order chi connectivity index (χ1) is 6.57. The monoisotopic (exact) mass is 257 g/mol. The predicted molar refractivity (Wildman–Crippen MR) is 53.7 cm³/mol. The third-order valence-corrected chi connectivity index (χ3v) is 2.46. The quantitative estimate of drug-likeness (QED) is 0.786. The molecule has 0 aromatic heterocycles. The zero-order valence-electron chi connectivity index (χ0n) is 7.11. The third-order valence-electron chi connectivity index (χ3n) is 1.77. The van der Waals surface area contributed by atoms with E-state index >= 15 is 0 Å². The summed E-state index contributed by atoms with van der Waals surface area (Å²) in [4.78, 5) is 21.4. The van der Waals surface area contributed by atoms with Gasteiger partial charge in [0.15, 0.2) is 12.4 Å². The number of aldehydes is 1. The maximum absolute atomic E-state index is 10.7. The van der Waals surface area contributed by atoms with Crippen LogP contribution in [0.4, 0.5) is 0 Å². The Bertz CT molecular complexity index is 378. The van der Waals surface area contributed by atoms with Gasteiger partial charge in [0.2, 0.25) is 0 Å². The first-order valence-electron chi connectivity index (χ1n) is 3.79. The number of nitrogens with two attached hydrogens (primary N) is 1. The van der Waals surface area contributed by atoms with Crippen LogP contribution in [-0.2, 0) is 4.79 Å². The summed E-state index contributed by atoms with van der Waals surface area (Å²) < 4.78 is 0.519. The van der Waals surface area contributed by atoms with E-state index in [9.17, 15) is 14.7 Å². The molecule has 0 spiro atoms. The molecule has 14 heavy (non-hydrogen) atoms. The summed E-state index contributed by atoms with van der Waals surface area (Å²) in [5, 5.41) is 9.38. The Kier molecular flexibility index (Phi) is 3.38. The van der Waals surface area contributed by atoms with Gasteiger partial charge < -0.3 is 10.8 Å². The number of halogens is 1. The maximum atomic E-state index is 10.7. The molecule has 0 aliphatic carbocycles. The van der Waals surface area contributed by atoms with Crippen molar-refractivity contribution in [1.82, 2.24) is 0 Å². The molecule has 3 N–H and O–H groups in total. The van der Waals surface area contributed by atoms with Gasteiger partial charge in [-0.15, -0.1) is 0 Å². The number of carbonyl (C=O) groups is 2. The Morgan fingerprint density at radius 2 is 2.21 bits per heavy atom. The lowest BCUT2D eigenvalue weighted by molar-refractivity contribution is -0.126. The van der Waals surface area contributed by atoms with Gasteiger partial charge in [0.05, 0.1) is 0 Å². The third kappa shape index (κ3) is 2.00. The van der Waals surface area contributed by atoms with Gasteiger partial charge in [-0.3, -0.25) is 9.59 Å². The normalized spacial score (nSPS) is 12.1. The Morgan fingerprint density at radius 1 is 1.57 bits per heavy atom. The van der Waals surface area contributed by atoms with Gasteiger partial charge in [0.1, 0.15) is 0 Å². The Hall–Kier alpha value is -1.20. The SMILES string of the molecule is NC(=O)C(O)c1cccc(Br)c1C=O. The zero-order chi connectivity index (χ0) is 10.7. The standard InChI is InChI=1S/C9H8BrNO3/c10-7-3-1-2-5(6(7)4-12)8(13)9(11)14/h1-4,8,13H,(H2,11,14). The highest BCUT2D eigenvalue weighted by atomic mass is 79.9. The van der Waals surface area contributed by atoms with Crippen LogP contribution in [0.25, 0.3) is 0 Å². The highest BCUT2D eigenvalue weighted by molar-refractivity contribution is 9.10. The lowest BCUT2D eigenvalue weighted by Crippen LogP contribution is -2.22. The minimum absolute atomic E-state index is 0.210. The zero-order valence-corrected chi connectivity index (χ0v) is 8.69. The molecular weight excluding hydrogens is 250 g/mol.